The van der Waals surface area contributed by atoms with Crippen LogP contribution in [0.25, 0.3) is 0 Å². The zero-order chi connectivity index (χ0) is 20.9. The molecule has 0 bridgehead atoms. The number of hydrogen-bond acceptors (Lipinski definition) is 4. The van der Waals surface area contributed by atoms with Gasteiger partial charge in [0.25, 0.3) is 0 Å². The Labute approximate surface area is 177 Å². The Hall–Kier alpha value is -0.950. The molecule has 0 spiro atoms. The van der Waals surface area contributed by atoms with E-state index in [1.807, 2.05) is 0 Å². The summed E-state index contributed by atoms with van der Waals surface area (Å²) in [6, 6.07) is 2.33. The van der Waals surface area contributed by atoms with Gasteiger partial charge in [-0.05, 0) is 112 Å². The molecule has 4 fully saturated rings. The number of nitrogens with zero attached hydrogens (tertiary/aromatic N) is 2. The maximum absolute atomic E-state index is 11.2. The lowest BCUT2D eigenvalue weighted by atomic mass is 9.42. The monoisotopic (exact) mass is 399 g/mol. The molecule has 0 amide bonds. The Morgan fingerprint density at radius 2 is 1.90 bits per heavy atom. The largest absolute Gasteiger partial charge is 0.325 e. The molecule has 0 aliphatic heterocycles. The van der Waals surface area contributed by atoms with E-state index in [4.69, 9.17) is 11.0 Å². The molecule has 4 rings (SSSR count). The van der Waals surface area contributed by atoms with E-state index in [1.54, 1.807) is 0 Å². The maximum Gasteiger partial charge on any atom is 0.0937 e. The van der Waals surface area contributed by atoms with Crippen molar-refractivity contribution in [2.45, 2.75) is 109 Å². The van der Waals surface area contributed by atoms with Crippen LogP contribution < -0.4 is 5.73 Å². The summed E-state index contributed by atoms with van der Waals surface area (Å²) in [5.41, 5.74) is 7.53. The van der Waals surface area contributed by atoms with Gasteiger partial charge in [0.05, 0.1) is 12.1 Å². The highest BCUT2D eigenvalue weighted by Crippen LogP contribution is 2.68. The summed E-state index contributed by atoms with van der Waals surface area (Å²) in [6.45, 7) is 7.11. The van der Waals surface area contributed by atoms with E-state index >= 15 is 0 Å². The first-order chi connectivity index (χ1) is 13.8. The first-order valence-corrected chi connectivity index (χ1v) is 12.3. The summed E-state index contributed by atoms with van der Waals surface area (Å²) in [5.74, 6) is 3.43. The molecule has 0 aromatic heterocycles. The zero-order valence-electron chi connectivity index (χ0n) is 18.8. The van der Waals surface area contributed by atoms with Gasteiger partial charge in [0.15, 0.2) is 0 Å². The molecular weight excluding hydrogens is 358 g/mol. The third kappa shape index (κ3) is 3.27. The number of nitrogens with two attached hydrogens (primary N) is 1. The highest BCUT2D eigenvalue weighted by molar-refractivity contribution is 5.16. The van der Waals surface area contributed by atoms with Crippen LogP contribution in [0, 0.1) is 56.7 Å². The van der Waals surface area contributed by atoms with Crippen molar-refractivity contribution in [1.29, 1.82) is 5.26 Å². The molecule has 162 valence electrons. The molecule has 29 heavy (non-hydrogen) atoms. The van der Waals surface area contributed by atoms with E-state index in [0.717, 1.165) is 55.8 Å². The summed E-state index contributed by atoms with van der Waals surface area (Å²) in [5, 5.41) is 12.5. The van der Waals surface area contributed by atoms with Crippen LogP contribution in [-0.4, -0.2) is 11.6 Å². The predicted molar refractivity (Wildman–Crippen MR) is 117 cm³/mol. The number of nitriles is 1. The molecule has 0 saturated heterocycles. The third-order valence-corrected chi connectivity index (χ3v) is 10.7. The molecular formula is C25H41N3O. The van der Waals surface area contributed by atoms with Crippen LogP contribution in [0.4, 0.5) is 0 Å². The van der Waals surface area contributed by atoms with E-state index in [2.05, 4.69) is 32.0 Å². The van der Waals surface area contributed by atoms with Crippen molar-refractivity contribution >= 4 is 0 Å². The highest BCUT2D eigenvalue weighted by atomic mass is 16.3. The van der Waals surface area contributed by atoms with E-state index in [0.29, 0.717) is 5.41 Å². The maximum atomic E-state index is 11.2. The SMILES string of the molecule is CC(C#N)CCCC1CCC2C3CCC4(N)CC(N=O)CCC4(C)C3CCC12C. The summed E-state index contributed by atoms with van der Waals surface area (Å²) < 4.78 is 0. The van der Waals surface area contributed by atoms with Crippen LogP contribution in [0.2, 0.25) is 0 Å². The van der Waals surface area contributed by atoms with Crippen LogP contribution in [0.15, 0.2) is 5.18 Å². The van der Waals surface area contributed by atoms with Crippen molar-refractivity contribution in [3.05, 3.63) is 4.91 Å². The second-order valence-corrected chi connectivity index (χ2v) is 11.8. The number of rotatable bonds is 5. The Balaban J connectivity index is 1.48. The van der Waals surface area contributed by atoms with Crippen molar-refractivity contribution in [2.75, 3.05) is 0 Å². The lowest BCUT2D eigenvalue weighted by Gasteiger charge is -2.64. The van der Waals surface area contributed by atoms with Crippen LogP contribution in [0.5, 0.6) is 0 Å². The summed E-state index contributed by atoms with van der Waals surface area (Å²) in [4.78, 5) is 11.2. The molecule has 4 saturated carbocycles. The molecule has 0 aromatic rings. The Kier molecular flexibility index (Phi) is 5.60. The van der Waals surface area contributed by atoms with E-state index < -0.39 is 0 Å². The minimum Gasteiger partial charge on any atom is -0.325 e. The lowest BCUT2D eigenvalue weighted by molar-refractivity contribution is -0.124. The molecule has 9 unspecified atom stereocenters. The van der Waals surface area contributed by atoms with E-state index in [-0.39, 0.29) is 22.9 Å². The van der Waals surface area contributed by atoms with Gasteiger partial charge in [0.2, 0.25) is 0 Å². The number of hydrogen-bond donors (Lipinski definition) is 1. The second-order valence-electron chi connectivity index (χ2n) is 11.8. The van der Waals surface area contributed by atoms with Crippen molar-refractivity contribution in [2.24, 2.45) is 51.3 Å². The fourth-order valence-electron chi connectivity index (χ4n) is 8.73. The molecule has 4 aliphatic carbocycles. The standard InChI is InChI=1S/C25H41N3O/c1-17(16-26)5-4-6-18-7-8-21-20-10-14-25(27)15-19(28-29)9-13-24(25,3)22(20)11-12-23(18,21)2/h17-22H,4-15,27H2,1-3H3. The molecule has 0 radical (unpaired) electrons. The minimum absolute atomic E-state index is 0.0647. The zero-order valence-corrected chi connectivity index (χ0v) is 18.8. The second kappa shape index (κ2) is 7.63. The van der Waals surface area contributed by atoms with Gasteiger partial charge in [0.1, 0.15) is 0 Å². The average molecular weight is 400 g/mol. The van der Waals surface area contributed by atoms with Crippen LogP contribution in [-0.2, 0) is 0 Å². The number of nitroso groups, excluding NO2 is 1. The Bertz CT molecular complexity index is 673. The lowest BCUT2D eigenvalue weighted by Crippen LogP contribution is -2.66. The Morgan fingerprint density at radius 1 is 1.10 bits per heavy atom. The van der Waals surface area contributed by atoms with E-state index in [1.165, 1.54) is 44.9 Å². The van der Waals surface area contributed by atoms with Crippen LogP contribution in [0.3, 0.4) is 0 Å². The van der Waals surface area contributed by atoms with E-state index in [9.17, 15) is 4.91 Å². The van der Waals surface area contributed by atoms with Crippen molar-refractivity contribution < 1.29 is 0 Å². The fourth-order valence-corrected chi connectivity index (χ4v) is 8.73. The topological polar surface area (TPSA) is 79.2 Å². The molecule has 9 atom stereocenters. The van der Waals surface area contributed by atoms with Gasteiger partial charge in [-0.2, -0.15) is 10.2 Å². The molecule has 4 aliphatic rings. The molecule has 2 N–H and O–H groups in total. The summed E-state index contributed by atoms with van der Waals surface area (Å²) in [6.07, 6.45) is 14.2. The smallest absolute Gasteiger partial charge is 0.0937 e. The van der Waals surface area contributed by atoms with Gasteiger partial charge in [0, 0.05) is 11.5 Å². The molecule has 0 heterocycles. The average Bonchev–Trinajstić information content (AvgIpc) is 3.04. The highest BCUT2D eigenvalue weighted by Gasteiger charge is 2.63. The van der Waals surface area contributed by atoms with Crippen molar-refractivity contribution in [1.82, 2.24) is 0 Å². The molecule has 0 aromatic carbocycles. The third-order valence-electron chi connectivity index (χ3n) is 10.7. The van der Waals surface area contributed by atoms with Gasteiger partial charge < -0.3 is 5.73 Å². The van der Waals surface area contributed by atoms with Crippen molar-refractivity contribution in [3.63, 3.8) is 0 Å². The van der Waals surface area contributed by atoms with Gasteiger partial charge in [-0.1, -0.05) is 25.4 Å². The van der Waals surface area contributed by atoms with Crippen molar-refractivity contribution in [3.8, 4) is 6.07 Å². The molecule has 4 nitrogen and oxygen atoms in total. The first kappa shape index (κ1) is 21.3. The summed E-state index contributed by atoms with van der Waals surface area (Å²) >= 11 is 0. The predicted octanol–water partition coefficient (Wildman–Crippen LogP) is 6.19. The fraction of sp³-hybridized carbons (Fsp3) is 0.960. The quantitative estimate of drug-likeness (QED) is 0.560. The first-order valence-electron chi connectivity index (χ1n) is 12.3. The van der Waals surface area contributed by atoms with Crippen LogP contribution >= 0.6 is 0 Å². The van der Waals surface area contributed by atoms with Gasteiger partial charge in [-0.3, -0.25) is 0 Å². The van der Waals surface area contributed by atoms with Crippen LogP contribution in [0.1, 0.15) is 97.8 Å². The van der Waals surface area contributed by atoms with Gasteiger partial charge in [-0.15, -0.1) is 0 Å². The number of fused-ring (bicyclic) bond motifs is 5. The minimum atomic E-state index is -0.190. The summed E-state index contributed by atoms with van der Waals surface area (Å²) in [7, 11) is 0. The molecule has 4 heteroatoms. The van der Waals surface area contributed by atoms with Gasteiger partial charge >= 0.3 is 0 Å². The Morgan fingerprint density at radius 3 is 2.62 bits per heavy atom. The van der Waals surface area contributed by atoms with Gasteiger partial charge in [-0.25, -0.2) is 0 Å². The normalized spacial score (nSPS) is 50.0.